The van der Waals surface area contributed by atoms with Crippen LogP contribution in [-0.2, 0) is 4.74 Å². The molecule has 0 heterocycles. The van der Waals surface area contributed by atoms with Gasteiger partial charge in [0.25, 0.3) is 0 Å². The third kappa shape index (κ3) is 3.44. The Kier molecular flexibility index (Phi) is 4.49. The summed E-state index contributed by atoms with van der Waals surface area (Å²) in [5.41, 5.74) is -0.0710. The van der Waals surface area contributed by atoms with E-state index in [0.29, 0.717) is 5.75 Å². The predicted octanol–water partition coefficient (Wildman–Crippen LogP) is 3.04. The van der Waals surface area contributed by atoms with Crippen LogP contribution in [0.25, 0.3) is 0 Å². The first-order chi connectivity index (χ1) is 7.95. The Morgan fingerprint density at radius 1 is 1.29 bits per heavy atom. The summed E-state index contributed by atoms with van der Waals surface area (Å²) in [5, 5.41) is 0. The zero-order valence-corrected chi connectivity index (χ0v) is 10.5. The maximum Gasteiger partial charge on any atom is 0.341 e. The molecule has 1 aromatic carbocycles. The van der Waals surface area contributed by atoms with Crippen molar-refractivity contribution in [3.63, 3.8) is 0 Å². The largest absolute Gasteiger partial charge is 0.497 e. The summed E-state index contributed by atoms with van der Waals surface area (Å²) < 4.78 is 23.5. The molecule has 1 atom stereocenters. The highest BCUT2D eigenvalue weighted by Gasteiger charge is 2.18. The van der Waals surface area contributed by atoms with E-state index in [2.05, 4.69) is 0 Å². The minimum absolute atomic E-state index is 0.0710. The van der Waals surface area contributed by atoms with Gasteiger partial charge in [-0.2, -0.15) is 0 Å². The molecule has 0 N–H and O–H groups in total. The van der Waals surface area contributed by atoms with Gasteiger partial charge in [-0.15, -0.1) is 0 Å². The molecule has 1 aromatic rings. The van der Waals surface area contributed by atoms with E-state index in [-0.39, 0.29) is 17.6 Å². The van der Waals surface area contributed by atoms with Crippen molar-refractivity contribution in [2.45, 2.75) is 26.9 Å². The number of benzene rings is 1. The minimum atomic E-state index is -0.647. The first-order valence-corrected chi connectivity index (χ1v) is 5.50. The van der Waals surface area contributed by atoms with Gasteiger partial charge in [0.05, 0.1) is 12.7 Å². The van der Waals surface area contributed by atoms with E-state index in [1.54, 1.807) is 6.92 Å². The Balaban J connectivity index is 2.82. The number of methoxy groups -OCH3 is 1. The van der Waals surface area contributed by atoms with Gasteiger partial charge in [0.1, 0.15) is 17.7 Å². The molecule has 0 bridgehead atoms. The van der Waals surface area contributed by atoms with Crippen LogP contribution in [0, 0.1) is 11.7 Å². The molecule has 0 fully saturated rings. The van der Waals surface area contributed by atoms with Crippen molar-refractivity contribution in [1.29, 1.82) is 0 Å². The summed E-state index contributed by atoms with van der Waals surface area (Å²) in [6.07, 6.45) is -0.246. The highest BCUT2D eigenvalue weighted by atomic mass is 19.1. The molecule has 0 saturated carbocycles. The van der Waals surface area contributed by atoms with Crippen LogP contribution < -0.4 is 4.74 Å². The van der Waals surface area contributed by atoms with Crippen molar-refractivity contribution in [3.05, 3.63) is 29.6 Å². The molecule has 0 saturated heterocycles. The van der Waals surface area contributed by atoms with Crippen LogP contribution >= 0.6 is 0 Å². The van der Waals surface area contributed by atoms with E-state index >= 15 is 0 Å². The maximum absolute atomic E-state index is 13.6. The van der Waals surface area contributed by atoms with Gasteiger partial charge in [0.2, 0.25) is 0 Å². The quantitative estimate of drug-likeness (QED) is 0.759. The molecule has 0 aromatic heterocycles. The van der Waals surface area contributed by atoms with Crippen molar-refractivity contribution in [1.82, 2.24) is 0 Å². The van der Waals surface area contributed by atoms with Crippen LogP contribution in [0.3, 0.4) is 0 Å². The molecular formula is C13H17FO3. The van der Waals surface area contributed by atoms with Crippen LogP contribution in [0.1, 0.15) is 31.1 Å². The van der Waals surface area contributed by atoms with Gasteiger partial charge >= 0.3 is 5.97 Å². The summed E-state index contributed by atoms with van der Waals surface area (Å²) >= 11 is 0. The second-order valence-electron chi connectivity index (χ2n) is 4.20. The molecule has 1 rings (SSSR count). The molecule has 17 heavy (non-hydrogen) atoms. The third-order valence-corrected chi connectivity index (χ3v) is 2.63. The summed E-state index contributed by atoms with van der Waals surface area (Å²) in [6, 6.07) is 4.06. The van der Waals surface area contributed by atoms with E-state index in [0.717, 1.165) is 6.07 Å². The number of ether oxygens (including phenoxy) is 2. The molecule has 3 nitrogen and oxygen atoms in total. The number of carbonyl (C=O) groups is 1. The van der Waals surface area contributed by atoms with Crippen LogP contribution in [0.2, 0.25) is 0 Å². The summed E-state index contributed by atoms with van der Waals surface area (Å²) in [6.45, 7) is 5.65. The molecule has 0 aliphatic rings. The molecule has 0 aliphatic heterocycles. The molecule has 94 valence electrons. The highest BCUT2D eigenvalue weighted by Crippen LogP contribution is 2.18. The zero-order valence-electron chi connectivity index (χ0n) is 10.5. The zero-order chi connectivity index (χ0) is 13.0. The lowest BCUT2D eigenvalue weighted by Crippen LogP contribution is -2.20. The maximum atomic E-state index is 13.6. The number of esters is 1. The molecule has 0 radical (unpaired) electrons. The van der Waals surface area contributed by atoms with Gasteiger partial charge in [0, 0.05) is 6.07 Å². The van der Waals surface area contributed by atoms with Crippen molar-refractivity contribution in [2.75, 3.05) is 7.11 Å². The summed E-state index contributed by atoms with van der Waals surface area (Å²) in [5.74, 6) is -0.715. The number of rotatable bonds is 4. The van der Waals surface area contributed by atoms with Gasteiger partial charge in [-0.25, -0.2) is 9.18 Å². The topological polar surface area (TPSA) is 35.5 Å². The van der Waals surface area contributed by atoms with Gasteiger partial charge in [-0.3, -0.25) is 0 Å². The third-order valence-electron chi connectivity index (χ3n) is 2.63. The smallest absolute Gasteiger partial charge is 0.341 e. The second kappa shape index (κ2) is 5.66. The number of hydrogen-bond donors (Lipinski definition) is 0. The molecule has 0 aliphatic carbocycles. The first-order valence-electron chi connectivity index (χ1n) is 5.50. The van der Waals surface area contributed by atoms with E-state index in [1.165, 1.54) is 19.2 Å². The van der Waals surface area contributed by atoms with Gasteiger partial charge in [0.15, 0.2) is 0 Å². The lowest BCUT2D eigenvalue weighted by Gasteiger charge is -2.16. The number of halogens is 1. The van der Waals surface area contributed by atoms with Crippen LogP contribution in [0.15, 0.2) is 18.2 Å². The average Bonchev–Trinajstić information content (AvgIpc) is 2.28. The summed E-state index contributed by atoms with van der Waals surface area (Å²) in [4.78, 5) is 11.7. The molecule has 1 unspecified atom stereocenters. The molecular weight excluding hydrogens is 223 g/mol. The second-order valence-corrected chi connectivity index (χ2v) is 4.20. The lowest BCUT2D eigenvalue weighted by atomic mass is 10.1. The van der Waals surface area contributed by atoms with Crippen LogP contribution in [-0.4, -0.2) is 19.2 Å². The van der Waals surface area contributed by atoms with Gasteiger partial charge < -0.3 is 9.47 Å². The fourth-order valence-electron chi connectivity index (χ4n) is 1.16. The Labute approximate surface area is 101 Å². The van der Waals surface area contributed by atoms with Crippen molar-refractivity contribution >= 4 is 5.97 Å². The van der Waals surface area contributed by atoms with E-state index in [9.17, 15) is 9.18 Å². The van der Waals surface area contributed by atoms with Crippen molar-refractivity contribution in [2.24, 2.45) is 5.92 Å². The van der Waals surface area contributed by atoms with E-state index in [4.69, 9.17) is 9.47 Å². The fourth-order valence-corrected chi connectivity index (χ4v) is 1.16. The van der Waals surface area contributed by atoms with Crippen LogP contribution in [0.5, 0.6) is 5.75 Å². The van der Waals surface area contributed by atoms with Crippen molar-refractivity contribution in [3.8, 4) is 5.75 Å². The molecule has 4 heteroatoms. The molecule has 0 amide bonds. The van der Waals surface area contributed by atoms with E-state index in [1.807, 2.05) is 13.8 Å². The van der Waals surface area contributed by atoms with Gasteiger partial charge in [-0.1, -0.05) is 13.8 Å². The predicted molar refractivity (Wildman–Crippen MR) is 62.7 cm³/mol. The first kappa shape index (κ1) is 13.5. The fraction of sp³-hybridized carbons (Fsp3) is 0.462. The average molecular weight is 240 g/mol. The standard InChI is InChI=1S/C13H17FO3/c1-8(2)9(3)17-13(15)11-6-5-10(16-4)7-12(11)14/h5-9H,1-4H3. The summed E-state index contributed by atoms with van der Waals surface area (Å²) in [7, 11) is 1.44. The number of carbonyl (C=O) groups excluding carboxylic acids is 1. The SMILES string of the molecule is COc1ccc(C(=O)OC(C)C(C)C)c(F)c1. The Bertz CT molecular complexity index is 402. The monoisotopic (exact) mass is 240 g/mol. The van der Waals surface area contributed by atoms with Crippen LogP contribution in [0.4, 0.5) is 4.39 Å². The Hall–Kier alpha value is -1.58. The van der Waals surface area contributed by atoms with E-state index < -0.39 is 11.8 Å². The minimum Gasteiger partial charge on any atom is -0.497 e. The Morgan fingerprint density at radius 3 is 2.41 bits per heavy atom. The Morgan fingerprint density at radius 2 is 1.94 bits per heavy atom. The highest BCUT2D eigenvalue weighted by molar-refractivity contribution is 5.90. The normalized spacial score (nSPS) is 12.4. The van der Waals surface area contributed by atoms with Gasteiger partial charge in [-0.05, 0) is 25.0 Å². The molecule has 0 spiro atoms. The number of hydrogen-bond acceptors (Lipinski definition) is 3. The lowest BCUT2D eigenvalue weighted by molar-refractivity contribution is 0.0233. The van der Waals surface area contributed by atoms with Crippen molar-refractivity contribution < 1.29 is 18.7 Å².